The summed E-state index contributed by atoms with van der Waals surface area (Å²) in [6.07, 6.45) is 0. The standard InChI is InChI=1S/C15H11ClF2O/c1-8-5-12(15(18)7-14(8)17)10-3-4-11(9(2)19)13(16)6-10/h3-7H,1-2H3. The Morgan fingerprint density at radius 3 is 2.37 bits per heavy atom. The predicted octanol–water partition coefficient (Wildman–Crippen LogP) is 4.80. The first-order valence-corrected chi connectivity index (χ1v) is 6.04. The van der Waals surface area contributed by atoms with Gasteiger partial charge in [0.1, 0.15) is 11.6 Å². The number of benzene rings is 2. The number of carbonyl (C=O) groups is 1. The summed E-state index contributed by atoms with van der Waals surface area (Å²) in [5, 5.41) is 0.256. The molecule has 0 amide bonds. The van der Waals surface area contributed by atoms with Crippen LogP contribution >= 0.6 is 11.6 Å². The molecule has 0 bridgehead atoms. The van der Waals surface area contributed by atoms with Crippen LogP contribution in [0.1, 0.15) is 22.8 Å². The SMILES string of the molecule is CC(=O)c1ccc(-c2cc(C)c(F)cc2F)cc1Cl. The van der Waals surface area contributed by atoms with Crippen LogP contribution in [-0.4, -0.2) is 5.78 Å². The Hall–Kier alpha value is -1.74. The molecule has 0 spiro atoms. The molecule has 0 saturated heterocycles. The van der Waals surface area contributed by atoms with E-state index in [2.05, 4.69) is 0 Å². The van der Waals surface area contributed by atoms with Crippen molar-refractivity contribution < 1.29 is 13.6 Å². The Morgan fingerprint density at radius 2 is 1.79 bits per heavy atom. The van der Waals surface area contributed by atoms with Crippen molar-refractivity contribution in [3.8, 4) is 11.1 Å². The molecule has 0 atom stereocenters. The van der Waals surface area contributed by atoms with Crippen molar-refractivity contribution in [3.63, 3.8) is 0 Å². The molecule has 0 aliphatic carbocycles. The molecule has 2 aromatic carbocycles. The highest BCUT2D eigenvalue weighted by atomic mass is 35.5. The third-order valence-corrected chi connectivity index (χ3v) is 3.22. The molecule has 0 aliphatic rings. The summed E-state index contributed by atoms with van der Waals surface area (Å²) in [4.78, 5) is 11.3. The number of ketones is 1. The topological polar surface area (TPSA) is 17.1 Å². The van der Waals surface area contributed by atoms with Gasteiger partial charge in [0.05, 0.1) is 5.02 Å². The second-order valence-corrected chi connectivity index (χ2v) is 4.74. The lowest BCUT2D eigenvalue weighted by Crippen LogP contribution is -1.95. The molecule has 2 rings (SSSR count). The van der Waals surface area contributed by atoms with Crippen LogP contribution in [0.25, 0.3) is 11.1 Å². The Bertz CT molecular complexity index is 665. The molecule has 0 heterocycles. The highest BCUT2D eigenvalue weighted by Crippen LogP contribution is 2.29. The van der Waals surface area contributed by atoms with E-state index in [0.29, 0.717) is 16.7 Å². The third kappa shape index (κ3) is 2.66. The molecule has 0 saturated carbocycles. The summed E-state index contributed by atoms with van der Waals surface area (Å²) in [5.41, 5.74) is 1.50. The predicted molar refractivity (Wildman–Crippen MR) is 71.5 cm³/mol. The van der Waals surface area contributed by atoms with Crippen LogP contribution < -0.4 is 0 Å². The number of hydrogen-bond acceptors (Lipinski definition) is 1. The number of carbonyl (C=O) groups excluding carboxylic acids is 1. The van der Waals surface area contributed by atoms with Gasteiger partial charge in [-0.1, -0.05) is 17.7 Å². The van der Waals surface area contributed by atoms with Gasteiger partial charge in [-0.15, -0.1) is 0 Å². The summed E-state index contributed by atoms with van der Waals surface area (Å²) in [5.74, 6) is -1.41. The smallest absolute Gasteiger partial charge is 0.161 e. The number of aryl methyl sites for hydroxylation is 1. The minimum absolute atomic E-state index is 0.160. The average Bonchev–Trinajstić information content (AvgIpc) is 2.33. The van der Waals surface area contributed by atoms with Gasteiger partial charge in [0, 0.05) is 17.2 Å². The van der Waals surface area contributed by atoms with Gasteiger partial charge in [0.2, 0.25) is 0 Å². The lowest BCUT2D eigenvalue weighted by molar-refractivity contribution is 0.101. The van der Waals surface area contributed by atoms with E-state index < -0.39 is 11.6 Å². The van der Waals surface area contributed by atoms with Crippen molar-refractivity contribution in [2.45, 2.75) is 13.8 Å². The van der Waals surface area contributed by atoms with Crippen molar-refractivity contribution in [1.82, 2.24) is 0 Å². The van der Waals surface area contributed by atoms with Crippen LogP contribution in [0.5, 0.6) is 0 Å². The van der Waals surface area contributed by atoms with Gasteiger partial charge < -0.3 is 0 Å². The van der Waals surface area contributed by atoms with Crippen LogP contribution in [0.2, 0.25) is 5.02 Å². The second-order valence-electron chi connectivity index (χ2n) is 4.33. The summed E-state index contributed by atoms with van der Waals surface area (Å²) < 4.78 is 27.0. The van der Waals surface area contributed by atoms with Gasteiger partial charge in [-0.3, -0.25) is 4.79 Å². The number of halogens is 3. The van der Waals surface area contributed by atoms with Crippen LogP contribution in [0, 0.1) is 18.6 Å². The highest BCUT2D eigenvalue weighted by Gasteiger charge is 2.12. The van der Waals surface area contributed by atoms with Crippen LogP contribution in [0.4, 0.5) is 8.78 Å². The normalized spacial score (nSPS) is 10.6. The summed E-state index contributed by atoms with van der Waals surface area (Å²) in [6.45, 7) is 2.97. The third-order valence-electron chi connectivity index (χ3n) is 2.91. The monoisotopic (exact) mass is 280 g/mol. The average molecular weight is 281 g/mol. The quantitative estimate of drug-likeness (QED) is 0.723. The van der Waals surface area contributed by atoms with E-state index in [0.717, 1.165) is 6.07 Å². The molecule has 0 aromatic heterocycles. The van der Waals surface area contributed by atoms with Crippen LogP contribution in [0.3, 0.4) is 0 Å². The molecule has 0 N–H and O–H groups in total. The highest BCUT2D eigenvalue weighted by molar-refractivity contribution is 6.34. The minimum atomic E-state index is -0.658. The van der Waals surface area contributed by atoms with Crippen molar-refractivity contribution in [3.05, 3.63) is 58.1 Å². The van der Waals surface area contributed by atoms with E-state index in [9.17, 15) is 13.6 Å². The van der Waals surface area contributed by atoms with E-state index in [1.54, 1.807) is 13.0 Å². The molecular weight excluding hydrogens is 270 g/mol. The molecule has 98 valence electrons. The molecule has 0 aliphatic heterocycles. The maximum absolute atomic E-state index is 13.8. The molecule has 0 radical (unpaired) electrons. The maximum atomic E-state index is 13.8. The first-order chi connectivity index (χ1) is 8.90. The number of Topliss-reactive ketones (excluding diaryl/α,β-unsaturated/α-hetero) is 1. The zero-order chi connectivity index (χ0) is 14.2. The van der Waals surface area contributed by atoms with Gasteiger partial charge in [-0.2, -0.15) is 0 Å². The summed E-state index contributed by atoms with van der Waals surface area (Å²) in [6, 6.07) is 6.91. The van der Waals surface area contributed by atoms with E-state index in [4.69, 9.17) is 11.6 Å². The first kappa shape index (κ1) is 13.7. The van der Waals surface area contributed by atoms with Crippen molar-refractivity contribution >= 4 is 17.4 Å². The molecule has 1 nitrogen and oxygen atoms in total. The minimum Gasteiger partial charge on any atom is -0.294 e. The van der Waals surface area contributed by atoms with E-state index in [1.165, 1.54) is 25.1 Å². The van der Waals surface area contributed by atoms with Gasteiger partial charge >= 0.3 is 0 Å². The van der Waals surface area contributed by atoms with E-state index >= 15 is 0 Å². The Balaban J connectivity index is 2.57. The Morgan fingerprint density at radius 1 is 1.11 bits per heavy atom. The van der Waals surface area contributed by atoms with Crippen LogP contribution in [0.15, 0.2) is 30.3 Å². The van der Waals surface area contributed by atoms with Crippen molar-refractivity contribution in [2.75, 3.05) is 0 Å². The fourth-order valence-electron chi connectivity index (χ4n) is 1.85. The summed E-state index contributed by atoms with van der Waals surface area (Å²) in [7, 11) is 0. The Labute approximate surface area is 114 Å². The van der Waals surface area contributed by atoms with Gasteiger partial charge in [0.15, 0.2) is 5.78 Å². The lowest BCUT2D eigenvalue weighted by Gasteiger charge is -2.08. The summed E-state index contributed by atoms with van der Waals surface area (Å²) >= 11 is 5.98. The van der Waals surface area contributed by atoms with Gasteiger partial charge in [0.25, 0.3) is 0 Å². The van der Waals surface area contributed by atoms with Gasteiger partial charge in [-0.25, -0.2) is 8.78 Å². The van der Waals surface area contributed by atoms with E-state index in [-0.39, 0.29) is 16.4 Å². The molecule has 0 fully saturated rings. The molecular formula is C15H11ClF2O. The second kappa shape index (κ2) is 5.10. The maximum Gasteiger partial charge on any atom is 0.161 e. The molecule has 0 unspecified atom stereocenters. The number of hydrogen-bond donors (Lipinski definition) is 0. The number of rotatable bonds is 2. The molecule has 4 heteroatoms. The van der Waals surface area contributed by atoms with Crippen molar-refractivity contribution in [2.24, 2.45) is 0 Å². The van der Waals surface area contributed by atoms with E-state index in [1.807, 2.05) is 0 Å². The van der Waals surface area contributed by atoms with Gasteiger partial charge in [-0.05, 0) is 43.2 Å². The fraction of sp³-hybridized carbons (Fsp3) is 0.133. The molecule has 19 heavy (non-hydrogen) atoms. The van der Waals surface area contributed by atoms with Crippen molar-refractivity contribution in [1.29, 1.82) is 0 Å². The molecule has 2 aromatic rings. The zero-order valence-electron chi connectivity index (χ0n) is 10.4. The fourth-order valence-corrected chi connectivity index (χ4v) is 2.16. The largest absolute Gasteiger partial charge is 0.294 e. The first-order valence-electron chi connectivity index (χ1n) is 5.66. The Kier molecular flexibility index (Phi) is 3.67. The van der Waals surface area contributed by atoms with Crippen LogP contribution in [-0.2, 0) is 0 Å². The zero-order valence-corrected chi connectivity index (χ0v) is 11.2. The lowest BCUT2D eigenvalue weighted by atomic mass is 10.0.